The average molecular weight is 385 g/mol. The van der Waals surface area contributed by atoms with Crippen LogP contribution in [0, 0.1) is 0 Å². The minimum atomic E-state index is -0.860. The zero-order valence-corrected chi connectivity index (χ0v) is 18.6. The second-order valence-electron chi connectivity index (χ2n) is 6.70. The number of carbonyl (C=O) groups excluding carboxylic acids is 2. The molecule has 146 valence electrons. The number of carbonyl (C=O) groups is 2. The van der Waals surface area contributed by atoms with Crippen LogP contribution in [0.4, 0.5) is 0 Å². The number of rotatable bonds is 17. The molecular formula is C20H40CaO4. The van der Waals surface area contributed by atoms with Gasteiger partial charge in [-0.25, -0.2) is 4.79 Å². The molecule has 4 nitrogen and oxygen atoms in total. The first kappa shape index (κ1) is 27.6. The Morgan fingerprint density at radius 1 is 0.680 bits per heavy atom. The summed E-state index contributed by atoms with van der Waals surface area (Å²) in [5, 5.41) is 8.46. The fraction of sp³-hybridized carbons (Fsp3) is 0.900. The van der Waals surface area contributed by atoms with Gasteiger partial charge < -0.3 is 12.7 Å². The summed E-state index contributed by atoms with van der Waals surface area (Å²) in [7, 11) is 0. The Bertz CT molecular complexity index is 318. The van der Waals surface area contributed by atoms with Gasteiger partial charge in [-0.1, -0.05) is 96.8 Å². The smallest absolute Gasteiger partial charge is 1.00 e. The maximum atomic E-state index is 11.2. The van der Waals surface area contributed by atoms with E-state index in [0.29, 0.717) is 0 Å². The third kappa shape index (κ3) is 22.3. The van der Waals surface area contributed by atoms with Gasteiger partial charge in [-0.2, -0.15) is 0 Å². The van der Waals surface area contributed by atoms with E-state index in [1.165, 1.54) is 77.0 Å². The summed E-state index contributed by atoms with van der Waals surface area (Å²) >= 11 is 0. The molecule has 0 rings (SSSR count). The predicted molar refractivity (Wildman–Crippen MR) is 106 cm³/mol. The molecule has 0 amide bonds. The maximum absolute atomic E-state index is 11.2. The van der Waals surface area contributed by atoms with Gasteiger partial charge in [0.2, 0.25) is 0 Å². The van der Waals surface area contributed by atoms with E-state index in [-0.39, 0.29) is 47.0 Å². The molecule has 25 heavy (non-hydrogen) atoms. The number of unbranched alkanes of at least 4 members (excludes halogenated alkanes) is 14. The fourth-order valence-corrected chi connectivity index (χ4v) is 2.85. The second-order valence-corrected chi connectivity index (χ2v) is 6.70. The van der Waals surface area contributed by atoms with Crippen molar-refractivity contribution in [1.29, 1.82) is 0 Å². The van der Waals surface area contributed by atoms with Crippen LogP contribution in [-0.2, 0) is 14.3 Å². The molecule has 0 bridgehead atoms. The molecule has 0 aliphatic rings. The Kier molecular flexibility index (Phi) is 24.7. The van der Waals surface area contributed by atoms with Crippen LogP contribution in [0.15, 0.2) is 0 Å². The van der Waals surface area contributed by atoms with Crippen LogP contribution in [-0.4, -0.2) is 61.4 Å². The van der Waals surface area contributed by atoms with Gasteiger partial charge in [-0.3, -0.25) is 4.79 Å². The van der Waals surface area contributed by atoms with E-state index in [4.69, 9.17) is 5.11 Å². The third-order valence-corrected chi connectivity index (χ3v) is 4.34. The molecule has 0 radical (unpaired) electrons. The first-order valence-electron chi connectivity index (χ1n) is 10.0. The largest absolute Gasteiger partial charge is 2.00 e. The van der Waals surface area contributed by atoms with Gasteiger partial charge in [-0.15, -0.1) is 0 Å². The van der Waals surface area contributed by atoms with Crippen LogP contribution in [0.1, 0.15) is 113 Å². The van der Waals surface area contributed by atoms with Gasteiger partial charge in [0.05, 0.1) is 0 Å². The van der Waals surface area contributed by atoms with Crippen molar-refractivity contribution < 1.29 is 22.3 Å². The average Bonchev–Trinajstić information content (AvgIpc) is 2.58. The molecular weight excluding hydrogens is 344 g/mol. The number of ether oxygens (including phenoxy) is 1. The number of esters is 2. The quantitative estimate of drug-likeness (QED) is 0.163. The van der Waals surface area contributed by atoms with Gasteiger partial charge >= 0.3 is 49.7 Å². The molecule has 0 heterocycles. The van der Waals surface area contributed by atoms with Crippen molar-refractivity contribution in [2.75, 3.05) is 6.61 Å². The van der Waals surface area contributed by atoms with Crippen molar-refractivity contribution in [2.24, 2.45) is 0 Å². The van der Waals surface area contributed by atoms with Gasteiger partial charge in [0.15, 0.2) is 0 Å². The molecule has 0 unspecified atom stereocenters. The maximum Gasteiger partial charge on any atom is 2.00 e. The molecule has 0 atom stereocenters. The zero-order valence-electron chi connectivity index (χ0n) is 18.4. The zero-order chi connectivity index (χ0) is 17.9. The van der Waals surface area contributed by atoms with Crippen molar-refractivity contribution >= 4 is 49.7 Å². The number of aliphatic hydroxyl groups is 1. The molecule has 0 aromatic heterocycles. The Hall–Kier alpha value is 0.360. The van der Waals surface area contributed by atoms with E-state index in [2.05, 4.69) is 11.7 Å². The molecule has 0 aromatic rings. The molecule has 0 aromatic carbocycles. The van der Waals surface area contributed by atoms with Gasteiger partial charge in [0, 0.05) is 6.42 Å². The van der Waals surface area contributed by atoms with Crippen molar-refractivity contribution in [2.45, 2.75) is 110 Å². The van der Waals surface area contributed by atoms with Gasteiger partial charge in [0.1, 0.15) is 6.61 Å². The van der Waals surface area contributed by atoms with Gasteiger partial charge in [0.25, 0.3) is 0 Å². The Morgan fingerprint density at radius 3 is 1.40 bits per heavy atom. The van der Waals surface area contributed by atoms with Crippen LogP contribution in [0.25, 0.3) is 0 Å². The topological polar surface area (TPSA) is 63.6 Å². The minimum Gasteiger partial charge on any atom is -1.00 e. The number of hydrogen-bond donors (Lipinski definition) is 1. The fourth-order valence-electron chi connectivity index (χ4n) is 2.85. The molecule has 0 fully saturated rings. The standard InChI is InChI=1S/C20H38O4.Ca.2H/c1-2-3-4-5-6-7-8-9-10-11-12-13-14-15-16-17-19(22)24-20(23)18-21;;;/h21H,2-18H2,1H3;;;/q;+2;2*-1. The SMILES string of the molecule is CCCCCCCCCCCCCCCCCC(=O)OC(=O)CO.[Ca+2].[H-].[H-]. The summed E-state index contributed by atoms with van der Waals surface area (Å²) in [4.78, 5) is 21.9. The molecule has 5 heteroatoms. The van der Waals surface area contributed by atoms with Crippen LogP contribution in [0.2, 0.25) is 0 Å². The summed E-state index contributed by atoms with van der Waals surface area (Å²) in [6, 6.07) is 0. The van der Waals surface area contributed by atoms with Crippen LogP contribution in [0.5, 0.6) is 0 Å². The van der Waals surface area contributed by atoms with E-state index in [0.717, 1.165) is 19.3 Å². The summed E-state index contributed by atoms with van der Waals surface area (Å²) < 4.78 is 4.39. The molecule has 0 saturated carbocycles. The first-order valence-corrected chi connectivity index (χ1v) is 10.0. The molecule has 0 saturated heterocycles. The second kappa shape index (κ2) is 22.4. The van der Waals surface area contributed by atoms with Crippen LogP contribution in [0.3, 0.4) is 0 Å². The summed E-state index contributed by atoms with van der Waals surface area (Å²) in [5.41, 5.74) is 0. The Labute approximate surface area is 187 Å². The minimum absolute atomic E-state index is 0. The first-order chi connectivity index (χ1) is 11.7. The van der Waals surface area contributed by atoms with E-state index in [1.807, 2.05) is 0 Å². The van der Waals surface area contributed by atoms with Crippen molar-refractivity contribution in [3.63, 3.8) is 0 Å². The van der Waals surface area contributed by atoms with E-state index < -0.39 is 18.5 Å². The van der Waals surface area contributed by atoms with E-state index >= 15 is 0 Å². The van der Waals surface area contributed by atoms with Crippen molar-refractivity contribution in [3.05, 3.63) is 0 Å². The molecule has 0 aliphatic heterocycles. The molecule has 0 spiro atoms. The van der Waals surface area contributed by atoms with E-state index in [1.54, 1.807) is 0 Å². The molecule has 0 aliphatic carbocycles. The summed E-state index contributed by atoms with van der Waals surface area (Å²) in [5.74, 6) is -1.38. The van der Waals surface area contributed by atoms with Crippen LogP contribution >= 0.6 is 0 Å². The Morgan fingerprint density at radius 2 is 1.04 bits per heavy atom. The Balaban J connectivity index is -0.000000882. The van der Waals surface area contributed by atoms with Gasteiger partial charge in [-0.05, 0) is 6.42 Å². The molecule has 1 N–H and O–H groups in total. The number of hydrogen-bond acceptors (Lipinski definition) is 4. The monoisotopic (exact) mass is 384 g/mol. The normalized spacial score (nSPS) is 10.3. The summed E-state index contributed by atoms with van der Waals surface area (Å²) in [6.07, 6.45) is 19.5. The number of aliphatic hydroxyl groups excluding tert-OH is 1. The van der Waals surface area contributed by atoms with Crippen LogP contribution < -0.4 is 0 Å². The van der Waals surface area contributed by atoms with E-state index in [9.17, 15) is 9.59 Å². The third-order valence-electron chi connectivity index (χ3n) is 4.34. The summed E-state index contributed by atoms with van der Waals surface area (Å²) in [6.45, 7) is 1.53. The predicted octanol–water partition coefficient (Wildman–Crippen LogP) is 5.15. The van der Waals surface area contributed by atoms with Crippen molar-refractivity contribution in [3.8, 4) is 0 Å². The van der Waals surface area contributed by atoms with Crippen molar-refractivity contribution in [1.82, 2.24) is 0 Å².